The van der Waals surface area contributed by atoms with Gasteiger partial charge in [-0.15, -0.1) is 10.2 Å². The Morgan fingerprint density at radius 2 is 1.80 bits per heavy atom. The quantitative estimate of drug-likeness (QED) is 0.922. The van der Waals surface area contributed by atoms with Crippen LogP contribution in [0.3, 0.4) is 0 Å². The highest BCUT2D eigenvalue weighted by Crippen LogP contribution is 2.24. The van der Waals surface area contributed by atoms with E-state index < -0.39 is 11.6 Å². The summed E-state index contributed by atoms with van der Waals surface area (Å²) in [6, 6.07) is 3.16. The van der Waals surface area contributed by atoms with Crippen molar-refractivity contribution in [3.05, 3.63) is 33.8 Å². The Kier molecular flexibility index (Phi) is 2.92. The molecule has 0 aliphatic carbocycles. The molecule has 0 atom stereocenters. The molecular formula is C8H4BrF2N3S. The van der Waals surface area contributed by atoms with Crippen molar-refractivity contribution in [3.8, 4) is 0 Å². The molecule has 2 rings (SSSR count). The molecule has 0 bridgehead atoms. The highest BCUT2D eigenvalue weighted by Gasteiger charge is 2.04. The predicted octanol–water partition coefficient (Wildman–Crippen LogP) is 3.32. The van der Waals surface area contributed by atoms with E-state index in [1.807, 2.05) is 0 Å². The third-order valence-corrected chi connectivity index (χ3v) is 2.79. The molecule has 0 saturated heterocycles. The van der Waals surface area contributed by atoms with Gasteiger partial charge in [-0.3, -0.25) is 0 Å². The molecule has 15 heavy (non-hydrogen) atoms. The molecule has 1 heterocycles. The van der Waals surface area contributed by atoms with Crippen LogP contribution in [0, 0.1) is 11.6 Å². The highest BCUT2D eigenvalue weighted by molar-refractivity contribution is 9.11. The number of hydrogen-bond acceptors (Lipinski definition) is 4. The molecule has 0 radical (unpaired) electrons. The summed E-state index contributed by atoms with van der Waals surface area (Å²) in [6.07, 6.45) is 0. The molecule has 0 amide bonds. The van der Waals surface area contributed by atoms with Gasteiger partial charge in [0.1, 0.15) is 11.6 Å². The number of aromatic nitrogens is 2. The Bertz CT molecular complexity index is 468. The maximum atomic E-state index is 12.8. The molecule has 0 fully saturated rings. The lowest BCUT2D eigenvalue weighted by Gasteiger charge is -2.01. The largest absolute Gasteiger partial charge is 0.330 e. The van der Waals surface area contributed by atoms with Gasteiger partial charge in [0.15, 0.2) is 3.92 Å². The zero-order chi connectivity index (χ0) is 10.8. The molecule has 1 aromatic carbocycles. The van der Waals surface area contributed by atoms with E-state index in [0.29, 0.717) is 14.7 Å². The maximum Gasteiger partial charge on any atom is 0.210 e. The number of rotatable bonds is 2. The van der Waals surface area contributed by atoms with E-state index in [9.17, 15) is 8.78 Å². The molecule has 1 N–H and O–H groups in total. The van der Waals surface area contributed by atoms with Crippen molar-refractivity contribution >= 4 is 38.1 Å². The summed E-state index contributed by atoms with van der Waals surface area (Å²) in [5.41, 5.74) is 0.302. The van der Waals surface area contributed by atoms with Crippen LogP contribution in [-0.2, 0) is 0 Å². The van der Waals surface area contributed by atoms with Crippen LogP contribution < -0.4 is 5.32 Å². The Balaban J connectivity index is 2.24. The molecule has 1 aromatic heterocycles. The van der Waals surface area contributed by atoms with Gasteiger partial charge in [0.25, 0.3) is 0 Å². The average molecular weight is 292 g/mol. The fourth-order valence-corrected chi connectivity index (χ4v) is 2.04. The second-order valence-corrected chi connectivity index (χ2v) is 4.90. The molecule has 7 heteroatoms. The second kappa shape index (κ2) is 4.19. The summed E-state index contributed by atoms with van der Waals surface area (Å²) < 4.78 is 26.2. The molecular weight excluding hydrogens is 288 g/mol. The minimum atomic E-state index is -0.638. The SMILES string of the molecule is Fc1cc(F)cc(Nc2nnc(Br)s2)c1. The predicted molar refractivity (Wildman–Crippen MR) is 57.2 cm³/mol. The van der Waals surface area contributed by atoms with E-state index in [2.05, 4.69) is 31.4 Å². The first-order chi connectivity index (χ1) is 7.13. The number of nitrogens with one attached hydrogen (secondary N) is 1. The first kappa shape index (κ1) is 10.4. The molecule has 2 aromatic rings. The monoisotopic (exact) mass is 291 g/mol. The summed E-state index contributed by atoms with van der Waals surface area (Å²) in [7, 11) is 0. The third-order valence-electron chi connectivity index (χ3n) is 1.51. The summed E-state index contributed by atoms with van der Waals surface area (Å²) in [5.74, 6) is -1.28. The van der Waals surface area contributed by atoms with Gasteiger partial charge in [-0.25, -0.2) is 8.78 Å². The summed E-state index contributed by atoms with van der Waals surface area (Å²) in [4.78, 5) is 0. The minimum absolute atomic E-state index is 0.302. The molecule has 0 unspecified atom stereocenters. The van der Waals surface area contributed by atoms with Gasteiger partial charge in [-0.1, -0.05) is 11.3 Å². The van der Waals surface area contributed by atoms with E-state index in [0.717, 1.165) is 6.07 Å². The first-order valence-electron chi connectivity index (χ1n) is 3.85. The molecule has 0 saturated carbocycles. The fraction of sp³-hybridized carbons (Fsp3) is 0. The van der Waals surface area contributed by atoms with Crippen molar-refractivity contribution < 1.29 is 8.78 Å². The van der Waals surface area contributed by atoms with Gasteiger partial charge in [-0.2, -0.15) is 0 Å². The van der Waals surface area contributed by atoms with E-state index in [4.69, 9.17) is 0 Å². The number of hydrogen-bond donors (Lipinski definition) is 1. The zero-order valence-corrected chi connectivity index (χ0v) is 9.57. The van der Waals surface area contributed by atoms with Crippen LogP contribution in [0.4, 0.5) is 19.6 Å². The van der Waals surface area contributed by atoms with E-state index in [1.165, 1.54) is 23.5 Å². The van der Waals surface area contributed by atoms with Crippen molar-refractivity contribution in [1.29, 1.82) is 0 Å². The second-order valence-electron chi connectivity index (χ2n) is 2.64. The molecule has 78 valence electrons. The van der Waals surface area contributed by atoms with Crippen molar-refractivity contribution in [3.63, 3.8) is 0 Å². The van der Waals surface area contributed by atoms with Gasteiger partial charge in [-0.05, 0) is 28.1 Å². The lowest BCUT2D eigenvalue weighted by molar-refractivity contribution is 0.584. The number of nitrogens with zero attached hydrogens (tertiary/aromatic N) is 2. The van der Waals surface area contributed by atoms with Crippen LogP contribution in [0.5, 0.6) is 0 Å². The summed E-state index contributed by atoms with van der Waals surface area (Å²) >= 11 is 4.36. The molecule has 3 nitrogen and oxygen atoms in total. The van der Waals surface area contributed by atoms with Crippen LogP contribution >= 0.6 is 27.3 Å². The average Bonchev–Trinajstić information content (AvgIpc) is 2.49. The van der Waals surface area contributed by atoms with Crippen LogP contribution in [0.2, 0.25) is 0 Å². The lowest BCUT2D eigenvalue weighted by atomic mass is 10.3. The molecule has 0 aliphatic heterocycles. The van der Waals surface area contributed by atoms with Crippen LogP contribution in [-0.4, -0.2) is 10.2 Å². The van der Waals surface area contributed by atoms with E-state index in [1.54, 1.807) is 0 Å². The van der Waals surface area contributed by atoms with Crippen LogP contribution in [0.25, 0.3) is 0 Å². The van der Waals surface area contributed by atoms with E-state index in [-0.39, 0.29) is 0 Å². The molecule has 0 spiro atoms. The maximum absolute atomic E-state index is 12.8. The minimum Gasteiger partial charge on any atom is -0.330 e. The fourth-order valence-electron chi connectivity index (χ4n) is 1.01. The zero-order valence-electron chi connectivity index (χ0n) is 7.17. The van der Waals surface area contributed by atoms with Gasteiger partial charge >= 0.3 is 0 Å². The van der Waals surface area contributed by atoms with Crippen LogP contribution in [0.1, 0.15) is 0 Å². The Morgan fingerprint density at radius 3 is 2.33 bits per heavy atom. The van der Waals surface area contributed by atoms with Gasteiger partial charge < -0.3 is 5.32 Å². The number of anilines is 2. The summed E-state index contributed by atoms with van der Waals surface area (Å²) in [6.45, 7) is 0. The summed E-state index contributed by atoms with van der Waals surface area (Å²) in [5, 5.41) is 10.6. The third kappa shape index (κ3) is 2.69. The topological polar surface area (TPSA) is 37.8 Å². The van der Waals surface area contributed by atoms with Gasteiger partial charge in [0.2, 0.25) is 5.13 Å². The van der Waals surface area contributed by atoms with Crippen LogP contribution in [0.15, 0.2) is 22.1 Å². The standard InChI is InChI=1S/C8H4BrF2N3S/c9-7-13-14-8(15-7)12-6-2-4(10)1-5(11)3-6/h1-3H,(H,12,14). The number of benzene rings is 1. The smallest absolute Gasteiger partial charge is 0.210 e. The van der Waals surface area contributed by atoms with Crippen molar-refractivity contribution in [1.82, 2.24) is 10.2 Å². The lowest BCUT2D eigenvalue weighted by Crippen LogP contribution is -1.91. The normalized spacial score (nSPS) is 10.3. The van der Waals surface area contributed by atoms with Crippen molar-refractivity contribution in [2.24, 2.45) is 0 Å². The Hall–Kier alpha value is -1.08. The highest BCUT2D eigenvalue weighted by atomic mass is 79.9. The Labute approximate surface area is 96.3 Å². The van der Waals surface area contributed by atoms with Crippen molar-refractivity contribution in [2.45, 2.75) is 0 Å². The van der Waals surface area contributed by atoms with E-state index >= 15 is 0 Å². The Morgan fingerprint density at radius 1 is 1.13 bits per heavy atom. The first-order valence-corrected chi connectivity index (χ1v) is 5.46. The van der Waals surface area contributed by atoms with Gasteiger partial charge in [0, 0.05) is 11.8 Å². The van der Waals surface area contributed by atoms with Crippen molar-refractivity contribution in [2.75, 3.05) is 5.32 Å². The van der Waals surface area contributed by atoms with Gasteiger partial charge in [0.05, 0.1) is 0 Å². The number of halogens is 3. The molecule has 0 aliphatic rings.